The molecule has 1 amide bonds. The van der Waals surface area contributed by atoms with E-state index < -0.39 is 5.41 Å². The van der Waals surface area contributed by atoms with E-state index in [4.69, 9.17) is 29.6 Å². The maximum Gasteiger partial charge on any atom is 0.237 e. The number of amides is 1. The van der Waals surface area contributed by atoms with Crippen LogP contribution in [0.4, 0.5) is 5.69 Å². The fourth-order valence-electron chi connectivity index (χ4n) is 2.94. The molecule has 5 heteroatoms. The van der Waals surface area contributed by atoms with Gasteiger partial charge in [-0.3, -0.25) is 4.79 Å². The minimum atomic E-state index is -0.739. The number of thiocarbonyl (C=S) groups is 1. The van der Waals surface area contributed by atoms with Crippen molar-refractivity contribution in [1.29, 1.82) is 0 Å². The van der Waals surface area contributed by atoms with Crippen molar-refractivity contribution in [1.82, 2.24) is 0 Å². The summed E-state index contributed by atoms with van der Waals surface area (Å²) < 4.78 is 0. The van der Waals surface area contributed by atoms with E-state index in [-0.39, 0.29) is 5.91 Å². The van der Waals surface area contributed by atoms with Crippen molar-refractivity contribution in [3.63, 3.8) is 0 Å². The molecular weight excluding hydrogens is 304 g/mol. The number of carbonyl (C=O) groups is 1. The molecule has 114 valence electrons. The molecule has 1 saturated carbocycles. The lowest BCUT2D eigenvalue weighted by molar-refractivity contribution is -0.122. The molecule has 0 bridgehead atoms. The second-order valence-electron chi connectivity index (χ2n) is 5.75. The van der Waals surface area contributed by atoms with Crippen LogP contribution in [0.2, 0.25) is 5.02 Å². The molecule has 3 N–H and O–H groups in total. The van der Waals surface area contributed by atoms with Gasteiger partial charge in [-0.25, -0.2) is 0 Å². The molecule has 0 radical (unpaired) electrons. The average molecular weight is 325 g/mol. The summed E-state index contributed by atoms with van der Waals surface area (Å²) >= 11 is 11.4. The number of nitrogens with two attached hydrogens (primary N) is 1. The third kappa shape index (κ3) is 3.38. The van der Waals surface area contributed by atoms with Crippen LogP contribution in [0.1, 0.15) is 44.1 Å². The van der Waals surface area contributed by atoms with E-state index in [1.807, 2.05) is 19.1 Å². The lowest BCUT2D eigenvalue weighted by Gasteiger charge is -2.30. The van der Waals surface area contributed by atoms with E-state index in [1.54, 1.807) is 6.07 Å². The Bertz CT molecular complexity index is 531. The van der Waals surface area contributed by atoms with Crippen LogP contribution in [0, 0.1) is 12.3 Å². The first-order chi connectivity index (χ1) is 9.97. The zero-order valence-corrected chi connectivity index (χ0v) is 13.8. The van der Waals surface area contributed by atoms with Crippen molar-refractivity contribution in [2.75, 3.05) is 5.32 Å². The fourth-order valence-corrected chi connectivity index (χ4v) is 3.51. The topological polar surface area (TPSA) is 55.1 Å². The highest BCUT2D eigenvalue weighted by Gasteiger charge is 2.41. The van der Waals surface area contributed by atoms with E-state index in [9.17, 15) is 4.79 Å². The number of benzene rings is 1. The van der Waals surface area contributed by atoms with Crippen LogP contribution in [0.3, 0.4) is 0 Å². The van der Waals surface area contributed by atoms with Gasteiger partial charge in [0.1, 0.15) is 0 Å². The highest BCUT2D eigenvalue weighted by atomic mass is 35.5. The van der Waals surface area contributed by atoms with Gasteiger partial charge in [0.25, 0.3) is 0 Å². The Hall–Kier alpha value is -1.13. The predicted octanol–water partition coefficient (Wildman–Crippen LogP) is 4.21. The molecule has 0 aliphatic heterocycles. The Kier molecular flexibility index (Phi) is 5.22. The summed E-state index contributed by atoms with van der Waals surface area (Å²) in [6.45, 7) is 1.92. The van der Waals surface area contributed by atoms with Gasteiger partial charge in [0.2, 0.25) is 5.91 Å². The molecule has 2 rings (SSSR count). The van der Waals surface area contributed by atoms with Crippen molar-refractivity contribution < 1.29 is 4.79 Å². The van der Waals surface area contributed by atoms with Gasteiger partial charge in [-0.1, -0.05) is 61.6 Å². The Labute approximate surface area is 136 Å². The summed E-state index contributed by atoms with van der Waals surface area (Å²) in [7, 11) is 0. The van der Waals surface area contributed by atoms with Gasteiger partial charge < -0.3 is 11.1 Å². The van der Waals surface area contributed by atoms with Crippen molar-refractivity contribution in [2.45, 2.75) is 45.4 Å². The normalized spacial score (nSPS) is 17.8. The monoisotopic (exact) mass is 324 g/mol. The Balaban J connectivity index is 2.29. The van der Waals surface area contributed by atoms with Crippen LogP contribution in [-0.2, 0) is 4.79 Å². The van der Waals surface area contributed by atoms with Crippen molar-refractivity contribution in [3.8, 4) is 0 Å². The fraction of sp³-hybridized carbons (Fsp3) is 0.500. The first kappa shape index (κ1) is 16.2. The van der Waals surface area contributed by atoms with Crippen molar-refractivity contribution in [3.05, 3.63) is 28.8 Å². The van der Waals surface area contributed by atoms with Crippen LogP contribution in [0.5, 0.6) is 0 Å². The third-order valence-corrected chi connectivity index (χ3v) is 5.03. The predicted molar refractivity (Wildman–Crippen MR) is 91.7 cm³/mol. The number of rotatable bonds is 3. The first-order valence-corrected chi connectivity index (χ1v) is 8.12. The van der Waals surface area contributed by atoms with E-state index in [0.717, 1.165) is 44.1 Å². The summed E-state index contributed by atoms with van der Waals surface area (Å²) in [6.07, 6.45) is 5.65. The molecule has 0 unspecified atom stereocenters. The number of aryl methyl sites for hydroxylation is 1. The van der Waals surface area contributed by atoms with Crippen molar-refractivity contribution in [2.24, 2.45) is 11.1 Å². The molecule has 1 fully saturated rings. The van der Waals surface area contributed by atoms with Crippen LogP contribution < -0.4 is 11.1 Å². The van der Waals surface area contributed by atoms with Crippen LogP contribution in [-0.4, -0.2) is 10.9 Å². The summed E-state index contributed by atoms with van der Waals surface area (Å²) in [5, 5.41) is 3.50. The Morgan fingerprint density at radius 2 is 1.90 bits per heavy atom. The molecule has 0 spiro atoms. The minimum Gasteiger partial charge on any atom is -0.392 e. The largest absolute Gasteiger partial charge is 0.392 e. The quantitative estimate of drug-likeness (QED) is 0.646. The summed E-state index contributed by atoms with van der Waals surface area (Å²) in [5.74, 6) is -0.117. The Morgan fingerprint density at radius 1 is 1.29 bits per heavy atom. The zero-order chi connectivity index (χ0) is 15.5. The van der Waals surface area contributed by atoms with Crippen LogP contribution in [0.25, 0.3) is 0 Å². The molecule has 1 aliphatic carbocycles. The number of hydrogen-bond acceptors (Lipinski definition) is 2. The maximum atomic E-state index is 12.9. The van der Waals surface area contributed by atoms with Gasteiger partial charge in [-0.15, -0.1) is 0 Å². The highest BCUT2D eigenvalue weighted by molar-refractivity contribution is 7.80. The molecule has 3 nitrogen and oxygen atoms in total. The number of carbonyl (C=O) groups excluding carboxylic acids is 1. The number of anilines is 1. The molecule has 1 aromatic rings. The molecular formula is C16H21ClN2OS. The molecule has 1 aromatic carbocycles. The zero-order valence-electron chi connectivity index (χ0n) is 12.2. The van der Waals surface area contributed by atoms with Crippen molar-refractivity contribution >= 4 is 40.4 Å². The number of halogens is 1. The van der Waals surface area contributed by atoms with Gasteiger partial charge >= 0.3 is 0 Å². The lowest BCUT2D eigenvalue weighted by atomic mass is 9.79. The smallest absolute Gasteiger partial charge is 0.237 e. The van der Waals surface area contributed by atoms with E-state index in [1.165, 1.54) is 0 Å². The average Bonchev–Trinajstić information content (AvgIpc) is 2.69. The number of nitrogens with one attached hydrogen (secondary N) is 1. The highest BCUT2D eigenvalue weighted by Crippen LogP contribution is 2.37. The van der Waals surface area contributed by atoms with E-state index in [2.05, 4.69) is 5.32 Å². The van der Waals surface area contributed by atoms with Crippen LogP contribution >= 0.6 is 23.8 Å². The second kappa shape index (κ2) is 6.75. The molecule has 0 saturated heterocycles. The minimum absolute atomic E-state index is 0.117. The van der Waals surface area contributed by atoms with Gasteiger partial charge in [-0.2, -0.15) is 0 Å². The molecule has 0 atom stereocenters. The third-order valence-electron chi connectivity index (χ3n) is 4.32. The van der Waals surface area contributed by atoms with Gasteiger partial charge in [-0.05, 0) is 31.4 Å². The number of para-hydroxylation sites is 1. The van der Waals surface area contributed by atoms with Gasteiger partial charge in [0.15, 0.2) is 0 Å². The molecule has 0 heterocycles. The molecule has 0 aromatic heterocycles. The summed E-state index contributed by atoms with van der Waals surface area (Å²) in [4.78, 5) is 13.1. The first-order valence-electron chi connectivity index (χ1n) is 7.34. The standard InChI is InChI=1S/C16H21ClN2OS/c1-11-7-6-8-12(17)13(11)19-15(20)16(14(18)21)9-4-2-3-5-10-16/h6-8H,2-5,9-10H2,1H3,(H2,18,21)(H,19,20). The van der Waals surface area contributed by atoms with Gasteiger partial charge in [0, 0.05) is 0 Å². The maximum absolute atomic E-state index is 12.9. The van der Waals surface area contributed by atoms with Crippen LogP contribution in [0.15, 0.2) is 18.2 Å². The van der Waals surface area contributed by atoms with Gasteiger partial charge in [0.05, 0.1) is 21.1 Å². The second-order valence-corrected chi connectivity index (χ2v) is 6.59. The molecule has 1 aliphatic rings. The number of hydrogen-bond donors (Lipinski definition) is 2. The Morgan fingerprint density at radius 3 is 2.43 bits per heavy atom. The summed E-state index contributed by atoms with van der Waals surface area (Å²) in [5.41, 5.74) is 6.79. The van der Waals surface area contributed by atoms with E-state index in [0.29, 0.717) is 15.7 Å². The SMILES string of the molecule is Cc1cccc(Cl)c1NC(=O)C1(C(N)=S)CCCCCC1. The molecule has 21 heavy (non-hydrogen) atoms. The van der Waals surface area contributed by atoms with E-state index >= 15 is 0 Å². The lowest BCUT2D eigenvalue weighted by Crippen LogP contribution is -2.45. The summed E-state index contributed by atoms with van der Waals surface area (Å²) in [6, 6.07) is 5.55.